The van der Waals surface area contributed by atoms with Gasteiger partial charge < -0.3 is 9.80 Å². The van der Waals surface area contributed by atoms with Gasteiger partial charge in [-0.2, -0.15) is 0 Å². The van der Waals surface area contributed by atoms with Crippen molar-refractivity contribution in [3.63, 3.8) is 0 Å². The van der Waals surface area contributed by atoms with Crippen LogP contribution in [0.5, 0.6) is 0 Å². The first kappa shape index (κ1) is 20.0. The van der Waals surface area contributed by atoms with Crippen LogP contribution >= 0.6 is 0 Å². The Hall–Kier alpha value is -2.76. The maximum Gasteiger partial charge on any atom is 0.227 e. The average molecular weight is 386 g/mol. The highest BCUT2D eigenvalue weighted by Crippen LogP contribution is 2.21. The molecule has 4 nitrogen and oxygen atoms in total. The van der Waals surface area contributed by atoms with Crippen LogP contribution in [-0.4, -0.2) is 47.8 Å². The second kappa shape index (κ2) is 8.95. The monoisotopic (exact) mass is 386 g/mol. The van der Waals surface area contributed by atoms with Crippen LogP contribution in [-0.2, 0) is 16.0 Å². The van der Waals surface area contributed by atoms with Crippen LogP contribution in [0.15, 0.2) is 48.5 Å². The molecule has 2 aromatic rings. The van der Waals surface area contributed by atoms with Gasteiger partial charge in [0.05, 0.1) is 6.42 Å². The zero-order valence-electron chi connectivity index (χ0n) is 15.9. The van der Waals surface area contributed by atoms with E-state index in [0.717, 1.165) is 11.1 Å². The molecule has 148 valence electrons. The van der Waals surface area contributed by atoms with Crippen LogP contribution in [0.2, 0.25) is 0 Å². The second-order valence-electron chi connectivity index (χ2n) is 7.22. The minimum atomic E-state index is -0.321. The number of piperazine rings is 1. The molecular formula is C22H24F2N2O2. The lowest BCUT2D eigenvalue weighted by Crippen LogP contribution is -2.51. The lowest BCUT2D eigenvalue weighted by molar-refractivity contribution is -0.139. The second-order valence-corrected chi connectivity index (χ2v) is 7.22. The maximum atomic E-state index is 13.0. The van der Waals surface area contributed by atoms with E-state index in [1.54, 1.807) is 34.1 Å². The van der Waals surface area contributed by atoms with Crippen LogP contribution in [0.4, 0.5) is 8.78 Å². The van der Waals surface area contributed by atoms with E-state index >= 15 is 0 Å². The Kier molecular flexibility index (Phi) is 6.39. The zero-order valence-corrected chi connectivity index (χ0v) is 15.9. The summed E-state index contributed by atoms with van der Waals surface area (Å²) in [4.78, 5) is 28.5. The molecule has 2 amide bonds. The maximum absolute atomic E-state index is 13.0. The number of benzene rings is 2. The predicted octanol–water partition coefficient (Wildman–Crippen LogP) is 3.37. The van der Waals surface area contributed by atoms with Crippen molar-refractivity contribution in [2.24, 2.45) is 0 Å². The van der Waals surface area contributed by atoms with Crippen LogP contribution in [0.25, 0.3) is 0 Å². The molecular weight excluding hydrogens is 362 g/mol. The number of amides is 2. The minimum Gasteiger partial charge on any atom is -0.339 e. The molecule has 0 radical (unpaired) electrons. The summed E-state index contributed by atoms with van der Waals surface area (Å²) in [7, 11) is 0. The normalized spacial score (nSPS) is 15.4. The third-order valence-electron chi connectivity index (χ3n) is 5.17. The zero-order chi connectivity index (χ0) is 20.1. The quantitative estimate of drug-likeness (QED) is 0.791. The molecule has 28 heavy (non-hydrogen) atoms. The SMILES string of the molecule is CC(CC(=O)N1CCN(C(=O)Cc2ccc(F)cc2)CC1)c1ccc(F)cc1. The van der Waals surface area contributed by atoms with Gasteiger partial charge >= 0.3 is 0 Å². The minimum absolute atomic E-state index is 0.00578. The molecule has 0 aromatic heterocycles. The van der Waals surface area contributed by atoms with Crippen molar-refractivity contribution in [2.45, 2.75) is 25.7 Å². The molecule has 1 aliphatic rings. The topological polar surface area (TPSA) is 40.6 Å². The third-order valence-corrected chi connectivity index (χ3v) is 5.17. The fourth-order valence-electron chi connectivity index (χ4n) is 3.39. The van der Waals surface area contributed by atoms with Gasteiger partial charge in [0.15, 0.2) is 0 Å². The summed E-state index contributed by atoms with van der Waals surface area (Å²) in [6.07, 6.45) is 0.588. The number of nitrogens with zero attached hydrogens (tertiary/aromatic N) is 2. The molecule has 2 aromatic carbocycles. The molecule has 1 heterocycles. The van der Waals surface area contributed by atoms with Gasteiger partial charge in [0.25, 0.3) is 0 Å². The summed E-state index contributed by atoms with van der Waals surface area (Å²) < 4.78 is 26.0. The standard InChI is InChI=1S/C22H24F2N2O2/c1-16(18-4-8-20(24)9-5-18)14-21(27)25-10-12-26(13-11-25)22(28)15-17-2-6-19(23)7-3-17/h2-9,16H,10-15H2,1H3. The number of hydrogen-bond acceptors (Lipinski definition) is 2. The lowest BCUT2D eigenvalue weighted by Gasteiger charge is -2.35. The van der Waals surface area contributed by atoms with Crippen LogP contribution in [0, 0.1) is 11.6 Å². The average Bonchev–Trinajstić information content (AvgIpc) is 2.70. The smallest absolute Gasteiger partial charge is 0.227 e. The number of carbonyl (C=O) groups is 2. The van der Waals surface area contributed by atoms with Gasteiger partial charge in [-0.15, -0.1) is 0 Å². The molecule has 0 N–H and O–H groups in total. The first-order valence-corrected chi connectivity index (χ1v) is 9.48. The van der Waals surface area contributed by atoms with Crippen molar-refractivity contribution >= 4 is 11.8 Å². The molecule has 0 spiro atoms. The Bertz CT molecular complexity index is 813. The molecule has 1 aliphatic heterocycles. The number of hydrogen-bond donors (Lipinski definition) is 0. The van der Waals surface area contributed by atoms with Crippen LogP contribution in [0.3, 0.4) is 0 Å². The van der Waals surface area contributed by atoms with Gasteiger partial charge in [-0.3, -0.25) is 9.59 Å². The van der Waals surface area contributed by atoms with E-state index in [0.29, 0.717) is 32.6 Å². The van der Waals surface area contributed by atoms with Crippen molar-refractivity contribution in [2.75, 3.05) is 26.2 Å². The fraction of sp³-hybridized carbons (Fsp3) is 0.364. The van der Waals surface area contributed by atoms with E-state index in [4.69, 9.17) is 0 Å². The third kappa shape index (κ3) is 5.15. The Morgan fingerprint density at radius 3 is 1.82 bits per heavy atom. The summed E-state index contributed by atoms with van der Waals surface area (Å²) >= 11 is 0. The molecule has 1 fully saturated rings. The van der Waals surface area contributed by atoms with Crippen molar-refractivity contribution in [3.8, 4) is 0 Å². The van der Waals surface area contributed by atoms with E-state index in [-0.39, 0.29) is 35.8 Å². The largest absolute Gasteiger partial charge is 0.339 e. The first-order chi connectivity index (χ1) is 13.4. The van der Waals surface area contributed by atoms with E-state index < -0.39 is 0 Å². The summed E-state index contributed by atoms with van der Waals surface area (Å²) in [5.74, 6) is -0.575. The summed E-state index contributed by atoms with van der Waals surface area (Å²) in [5, 5.41) is 0. The molecule has 1 unspecified atom stereocenters. The van der Waals surface area contributed by atoms with Crippen molar-refractivity contribution in [1.29, 1.82) is 0 Å². The highest BCUT2D eigenvalue weighted by Gasteiger charge is 2.25. The van der Waals surface area contributed by atoms with E-state index in [1.165, 1.54) is 24.3 Å². The van der Waals surface area contributed by atoms with Crippen molar-refractivity contribution < 1.29 is 18.4 Å². The molecule has 1 atom stereocenters. The molecule has 6 heteroatoms. The van der Waals surface area contributed by atoms with E-state index in [1.807, 2.05) is 6.92 Å². The molecule has 0 bridgehead atoms. The van der Waals surface area contributed by atoms with Crippen LogP contribution in [0.1, 0.15) is 30.4 Å². The Balaban J connectivity index is 1.47. The first-order valence-electron chi connectivity index (χ1n) is 9.48. The van der Waals surface area contributed by atoms with E-state index in [9.17, 15) is 18.4 Å². The predicted molar refractivity (Wildman–Crippen MR) is 103 cm³/mol. The molecule has 1 saturated heterocycles. The van der Waals surface area contributed by atoms with Gasteiger partial charge in [-0.05, 0) is 41.3 Å². The molecule has 0 saturated carbocycles. The Morgan fingerprint density at radius 1 is 0.821 bits per heavy atom. The van der Waals surface area contributed by atoms with Gasteiger partial charge in [0, 0.05) is 32.6 Å². The Labute approximate surface area is 163 Å². The fourth-order valence-corrected chi connectivity index (χ4v) is 3.39. The van der Waals surface area contributed by atoms with Gasteiger partial charge in [0.2, 0.25) is 11.8 Å². The summed E-state index contributed by atoms with van der Waals surface area (Å²) in [6.45, 7) is 3.95. The summed E-state index contributed by atoms with van der Waals surface area (Å²) in [6, 6.07) is 12.2. The summed E-state index contributed by atoms with van der Waals surface area (Å²) in [5.41, 5.74) is 1.71. The van der Waals surface area contributed by atoms with Crippen LogP contribution < -0.4 is 0 Å². The van der Waals surface area contributed by atoms with E-state index in [2.05, 4.69) is 0 Å². The highest BCUT2D eigenvalue weighted by atomic mass is 19.1. The number of halogens is 2. The van der Waals surface area contributed by atoms with Gasteiger partial charge in [0.1, 0.15) is 11.6 Å². The highest BCUT2D eigenvalue weighted by molar-refractivity contribution is 5.80. The van der Waals surface area contributed by atoms with Gasteiger partial charge in [-0.1, -0.05) is 31.2 Å². The number of carbonyl (C=O) groups excluding carboxylic acids is 2. The molecule has 0 aliphatic carbocycles. The van der Waals surface area contributed by atoms with Crippen molar-refractivity contribution in [3.05, 3.63) is 71.3 Å². The lowest BCUT2D eigenvalue weighted by atomic mass is 9.97. The van der Waals surface area contributed by atoms with Crippen molar-refractivity contribution in [1.82, 2.24) is 9.80 Å². The van der Waals surface area contributed by atoms with Gasteiger partial charge in [-0.25, -0.2) is 8.78 Å². The number of rotatable bonds is 5. The molecule has 3 rings (SSSR count). The Morgan fingerprint density at radius 2 is 1.29 bits per heavy atom.